The maximum absolute atomic E-state index is 12.6. The lowest BCUT2D eigenvalue weighted by molar-refractivity contribution is 0.594. The zero-order valence-corrected chi connectivity index (χ0v) is 11.5. The second kappa shape index (κ2) is 4.73. The molecule has 0 aliphatic heterocycles. The van der Waals surface area contributed by atoms with E-state index in [1.165, 1.54) is 6.20 Å². The van der Waals surface area contributed by atoms with Crippen LogP contribution in [-0.2, 0) is 9.84 Å². The third-order valence-electron chi connectivity index (χ3n) is 3.34. The lowest BCUT2D eigenvalue weighted by Gasteiger charge is -2.11. The number of rotatable bonds is 3. The van der Waals surface area contributed by atoms with E-state index in [9.17, 15) is 13.7 Å². The molecule has 0 N–H and O–H groups in total. The van der Waals surface area contributed by atoms with Crippen LogP contribution in [0.4, 0.5) is 0 Å². The van der Waals surface area contributed by atoms with Gasteiger partial charge < -0.3 is 0 Å². The van der Waals surface area contributed by atoms with Crippen molar-refractivity contribution in [2.75, 3.05) is 0 Å². The van der Waals surface area contributed by atoms with Gasteiger partial charge in [0.2, 0.25) is 0 Å². The molecule has 1 saturated carbocycles. The minimum atomic E-state index is -3.47. The molecule has 0 unspecified atom stereocenters. The molecule has 20 heavy (non-hydrogen) atoms. The lowest BCUT2D eigenvalue weighted by atomic mass is 10.1. The standard InChI is InChI=1S/C15H12N2O2S/c16-10-14-15(20(18,19)12-6-7-12)13(8-9-17-14)11-4-2-1-3-5-11/h1-5,8-9,12H,6-7H2. The normalized spacial score (nSPS) is 14.8. The highest BCUT2D eigenvalue weighted by atomic mass is 32.2. The Labute approximate surface area is 117 Å². The average Bonchev–Trinajstić information content (AvgIpc) is 3.32. The van der Waals surface area contributed by atoms with Gasteiger partial charge in [0.15, 0.2) is 15.5 Å². The zero-order chi connectivity index (χ0) is 14.2. The largest absolute Gasteiger partial charge is 0.244 e. The molecule has 1 aromatic carbocycles. The van der Waals surface area contributed by atoms with E-state index in [0.717, 1.165) is 5.56 Å². The summed E-state index contributed by atoms with van der Waals surface area (Å²) >= 11 is 0. The SMILES string of the molecule is N#Cc1nccc(-c2ccccc2)c1S(=O)(=O)C1CC1. The summed E-state index contributed by atoms with van der Waals surface area (Å²) in [7, 11) is -3.47. The summed E-state index contributed by atoms with van der Waals surface area (Å²) < 4.78 is 25.2. The Balaban J connectivity index is 2.29. The first-order valence-corrected chi connectivity index (χ1v) is 7.87. The van der Waals surface area contributed by atoms with Crippen LogP contribution >= 0.6 is 0 Å². The van der Waals surface area contributed by atoms with Crippen LogP contribution < -0.4 is 0 Å². The van der Waals surface area contributed by atoms with Crippen molar-refractivity contribution < 1.29 is 8.42 Å². The summed E-state index contributed by atoms with van der Waals surface area (Å²) in [4.78, 5) is 4.00. The Morgan fingerprint density at radius 1 is 1.15 bits per heavy atom. The Kier molecular flexibility index (Phi) is 3.03. The van der Waals surface area contributed by atoms with Gasteiger partial charge in [-0.05, 0) is 24.5 Å². The first-order valence-electron chi connectivity index (χ1n) is 6.33. The number of hydrogen-bond donors (Lipinski definition) is 0. The van der Waals surface area contributed by atoms with Gasteiger partial charge >= 0.3 is 0 Å². The molecular weight excluding hydrogens is 272 g/mol. The minimum Gasteiger partial charge on any atom is -0.244 e. The van der Waals surface area contributed by atoms with Crippen LogP contribution in [0.2, 0.25) is 0 Å². The Morgan fingerprint density at radius 3 is 2.45 bits per heavy atom. The Hall–Kier alpha value is -2.19. The molecule has 5 heteroatoms. The lowest BCUT2D eigenvalue weighted by Crippen LogP contribution is -2.12. The number of hydrogen-bond acceptors (Lipinski definition) is 4. The molecule has 1 aliphatic rings. The fourth-order valence-electron chi connectivity index (χ4n) is 2.21. The van der Waals surface area contributed by atoms with E-state index in [-0.39, 0.29) is 15.8 Å². The first kappa shape index (κ1) is 12.8. The van der Waals surface area contributed by atoms with Gasteiger partial charge in [-0.15, -0.1) is 0 Å². The summed E-state index contributed by atoms with van der Waals surface area (Å²) in [5, 5.41) is 8.82. The fraction of sp³-hybridized carbons (Fsp3) is 0.200. The number of sulfone groups is 1. The van der Waals surface area contributed by atoms with Crippen LogP contribution in [0.25, 0.3) is 11.1 Å². The van der Waals surface area contributed by atoms with Crippen molar-refractivity contribution in [2.45, 2.75) is 23.0 Å². The molecule has 1 fully saturated rings. The smallest absolute Gasteiger partial charge is 0.184 e. The molecule has 0 atom stereocenters. The molecule has 2 aromatic rings. The van der Waals surface area contributed by atoms with Gasteiger partial charge in [0.1, 0.15) is 11.0 Å². The van der Waals surface area contributed by atoms with Crippen molar-refractivity contribution in [1.29, 1.82) is 5.26 Å². The average molecular weight is 284 g/mol. The van der Waals surface area contributed by atoms with Gasteiger partial charge in [0, 0.05) is 11.8 Å². The molecular formula is C15H12N2O2S. The van der Waals surface area contributed by atoms with Crippen molar-refractivity contribution in [3.05, 3.63) is 48.3 Å². The number of aromatic nitrogens is 1. The summed E-state index contributed by atoms with van der Waals surface area (Å²) in [5.41, 5.74) is 1.33. The molecule has 0 bridgehead atoms. The second-order valence-corrected chi connectivity index (χ2v) is 6.92. The maximum Gasteiger partial charge on any atom is 0.184 e. The van der Waals surface area contributed by atoms with Crippen LogP contribution in [0.15, 0.2) is 47.5 Å². The van der Waals surface area contributed by atoms with Crippen molar-refractivity contribution in [1.82, 2.24) is 4.98 Å². The fourth-order valence-corrected chi connectivity index (χ4v) is 4.16. The van der Waals surface area contributed by atoms with Gasteiger partial charge in [-0.3, -0.25) is 0 Å². The number of nitriles is 1. The summed E-state index contributed by atoms with van der Waals surface area (Å²) in [6.45, 7) is 0. The molecule has 0 radical (unpaired) electrons. The molecule has 0 spiro atoms. The van der Waals surface area contributed by atoms with E-state index in [1.54, 1.807) is 6.07 Å². The van der Waals surface area contributed by atoms with Crippen molar-refractivity contribution >= 4 is 9.84 Å². The van der Waals surface area contributed by atoms with E-state index in [4.69, 9.17) is 0 Å². The highest BCUT2D eigenvalue weighted by molar-refractivity contribution is 7.92. The zero-order valence-electron chi connectivity index (χ0n) is 10.7. The molecule has 1 heterocycles. The number of nitrogens with zero attached hydrogens (tertiary/aromatic N) is 2. The van der Waals surface area contributed by atoms with Crippen LogP contribution in [0.1, 0.15) is 18.5 Å². The van der Waals surface area contributed by atoms with Crippen molar-refractivity contribution in [3.8, 4) is 17.2 Å². The highest BCUT2D eigenvalue weighted by Crippen LogP contribution is 2.38. The summed E-state index contributed by atoms with van der Waals surface area (Å²) in [6.07, 6.45) is 2.81. The second-order valence-electron chi connectivity index (χ2n) is 4.76. The molecule has 4 nitrogen and oxygen atoms in total. The van der Waals surface area contributed by atoms with E-state index in [2.05, 4.69) is 4.98 Å². The van der Waals surface area contributed by atoms with Crippen molar-refractivity contribution in [2.24, 2.45) is 0 Å². The maximum atomic E-state index is 12.6. The van der Waals surface area contributed by atoms with Crippen LogP contribution in [0.5, 0.6) is 0 Å². The first-order chi connectivity index (χ1) is 9.64. The predicted octanol–water partition coefficient (Wildman–Crippen LogP) is 2.56. The molecule has 100 valence electrons. The van der Waals surface area contributed by atoms with E-state index in [0.29, 0.717) is 18.4 Å². The predicted molar refractivity (Wildman–Crippen MR) is 74.6 cm³/mol. The van der Waals surface area contributed by atoms with E-state index in [1.807, 2.05) is 36.4 Å². The van der Waals surface area contributed by atoms with Crippen LogP contribution in [0, 0.1) is 11.3 Å². The highest BCUT2D eigenvalue weighted by Gasteiger charge is 2.40. The topological polar surface area (TPSA) is 70.8 Å². The Morgan fingerprint density at radius 2 is 1.85 bits per heavy atom. The minimum absolute atomic E-state index is 0.0155. The third kappa shape index (κ3) is 2.08. The quantitative estimate of drug-likeness (QED) is 0.868. The molecule has 0 amide bonds. The van der Waals surface area contributed by atoms with Gasteiger partial charge in [-0.1, -0.05) is 30.3 Å². The third-order valence-corrected chi connectivity index (χ3v) is 5.67. The molecule has 1 aromatic heterocycles. The van der Waals surface area contributed by atoms with Crippen LogP contribution in [0.3, 0.4) is 0 Å². The van der Waals surface area contributed by atoms with Crippen LogP contribution in [-0.4, -0.2) is 18.7 Å². The molecule has 3 rings (SSSR count). The summed E-state index contributed by atoms with van der Waals surface area (Å²) in [5.74, 6) is 0. The van der Waals surface area contributed by atoms with Crippen molar-refractivity contribution in [3.63, 3.8) is 0 Å². The molecule has 1 aliphatic carbocycles. The van der Waals surface area contributed by atoms with E-state index >= 15 is 0 Å². The van der Waals surface area contributed by atoms with Gasteiger partial charge in [0.25, 0.3) is 0 Å². The number of pyridine rings is 1. The van der Waals surface area contributed by atoms with E-state index < -0.39 is 9.84 Å². The van der Waals surface area contributed by atoms with Gasteiger partial charge in [-0.25, -0.2) is 13.4 Å². The van der Waals surface area contributed by atoms with Gasteiger partial charge in [0.05, 0.1) is 5.25 Å². The Bertz CT molecular complexity index is 788. The van der Waals surface area contributed by atoms with Gasteiger partial charge in [-0.2, -0.15) is 5.26 Å². The monoisotopic (exact) mass is 284 g/mol. The number of benzene rings is 1. The molecule has 0 saturated heterocycles. The summed E-state index contributed by atoms with van der Waals surface area (Å²) in [6, 6.07) is 12.8.